The zero-order valence-corrected chi connectivity index (χ0v) is 10.8. The van der Waals surface area contributed by atoms with Crippen LogP contribution in [0.2, 0.25) is 0 Å². The van der Waals surface area contributed by atoms with Gasteiger partial charge in [0.05, 0.1) is 0 Å². The fourth-order valence-corrected chi connectivity index (χ4v) is 3.80. The van der Waals surface area contributed by atoms with Crippen molar-refractivity contribution in [3.63, 3.8) is 0 Å². The molecule has 0 bridgehead atoms. The maximum absolute atomic E-state index is 13.3. The molecule has 0 saturated heterocycles. The topological polar surface area (TPSA) is 37.3 Å². The number of benzene rings is 1. The largest absolute Gasteiger partial charge is 0.421 e. The fourth-order valence-electron chi connectivity index (χ4n) is 3.80. The number of hydrogen-bond acceptors (Lipinski definition) is 2. The van der Waals surface area contributed by atoms with Crippen LogP contribution in [0.1, 0.15) is 43.2 Å². The summed E-state index contributed by atoms with van der Waals surface area (Å²) >= 11 is 0. The van der Waals surface area contributed by atoms with Crippen molar-refractivity contribution in [2.45, 2.75) is 49.3 Å². The van der Waals surface area contributed by atoms with Crippen LogP contribution >= 0.6 is 0 Å². The van der Waals surface area contributed by atoms with Crippen LogP contribution in [0.15, 0.2) is 24.3 Å². The van der Waals surface area contributed by atoms with Crippen molar-refractivity contribution >= 4 is 5.78 Å². The second-order valence-electron chi connectivity index (χ2n) is 5.93. The molecule has 2 aliphatic carbocycles. The number of carbonyl (C=O) groups is 1. The Kier molecular flexibility index (Phi) is 2.77. The first-order valence-electron chi connectivity index (χ1n) is 6.69. The number of hydrogen-bond donors (Lipinski definition) is 1. The third kappa shape index (κ3) is 1.72. The molecule has 1 aromatic carbocycles. The molecule has 0 amide bonds. The van der Waals surface area contributed by atoms with Gasteiger partial charge in [0.2, 0.25) is 0 Å². The molecule has 1 fully saturated rings. The number of rotatable bonds is 0. The zero-order valence-electron chi connectivity index (χ0n) is 10.8. The predicted octanol–water partition coefficient (Wildman–Crippen LogP) is 3.22. The Hall–Kier alpha value is -1.36. The molecule has 3 rings (SSSR count). The first-order valence-corrected chi connectivity index (χ1v) is 6.69. The Labute approximate surface area is 114 Å². The molecule has 1 saturated carbocycles. The van der Waals surface area contributed by atoms with E-state index in [0.717, 1.165) is 0 Å². The number of aliphatic hydroxyl groups is 1. The first kappa shape index (κ1) is 13.6. The van der Waals surface area contributed by atoms with Gasteiger partial charge in [-0.25, -0.2) is 0 Å². The Balaban J connectivity index is 2.16. The van der Waals surface area contributed by atoms with Crippen LogP contribution < -0.4 is 0 Å². The molecule has 2 nitrogen and oxygen atoms in total. The molecule has 0 radical (unpaired) electrons. The third-order valence-electron chi connectivity index (χ3n) is 4.65. The van der Waals surface area contributed by atoms with E-state index >= 15 is 0 Å². The number of Topliss-reactive ketones (excluding diaryl/α,β-unsaturated/α-hetero) is 1. The van der Waals surface area contributed by atoms with Gasteiger partial charge in [-0.15, -0.1) is 0 Å². The summed E-state index contributed by atoms with van der Waals surface area (Å²) in [6, 6.07) is 6.12. The van der Waals surface area contributed by atoms with E-state index in [-0.39, 0.29) is 17.8 Å². The van der Waals surface area contributed by atoms with Crippen molar-refractivity contribution in [1.29, 1.82) is 0 Å². The minimum absolute atomic E-state index is 0.0162. The van der Waals surface area contributed by atoms with Crippen molar-refractivity contribution in [3.05, 3.63) is 35.4 Å². The molecule has 0 aliphatic heterocycles. The van der Waals surface area contributed by atoms with Crippen molar-refractivity contribution in [2.24, 2.45) is 0 Å². The average molecular weight is 284 g/mol. The molecular weight excluding hydrogens is 269 g/mol. The summed E-state index contributed by atoms with van der Waals surface area (Å²) in [6.07, 6.45) is -3.53. The molecule has 2 aliphatic rings. The van der Waals surface area contributed by atoms with Gasteiger partial charge in [-0.3, -0.25) is 4.79 Å². The van der Waals surface area contributed by atoms with E-state index < -0.39 is 23.6 Å². The summed E-state index contributed by atoms with van der Waals surface area (Å²) in [5.41, 5.74) is -3.27. The number of fused-ring (bicyclic) bond motifs is 2. The van der Waals surface area contributed by atoms with Gasteiger partial charge in [0, 0.05) is 18.3 Å². The van der Waals surface area contributed by atoms with Crippen LogP contribution in [0.3, 0.4) is 0 Å². The van der Waals surface area contributed by atoms with E-state index in [9.17, 15) is 23.1 Å². The van der Waals surface area contributed by atoms with Gasteiger partial charge in [-0.05, 0) is 30.4 Å². The second-order valence-corrected chi connectivity index (χ2v) is 5.93. The highest BCUT2D eigenvalue weighted by molar-refractivity contribution is 5.81. The Morgan fingerprint density at radius 1 is 1.15 bits per heavy atom. The minimum Gasteiger partial charge on any atom is -0.376 e. The summed E-state index contributed by atoms with van der Waals surface area (Å²) in [7, 11) is 0. The molecule has 5 heteroatoms. The number of alkyl halides is 3. The molecule has 20 heavy (non-hydrogen) atoms. The van der Waals surface area contributed by atoms with E-state index in [1.807, 2.05) is 0 Å². The molecule has 1 N–H and O–H groups in total. The maximum Gasteiger partial charge on any atom is 0.421 e. The smallest absolute Gasteiger partial charge is 0.376 e. The summed E-state index contributed by atoms with van der Waals surface area (Å²) in [5, 5.41) is 10.2. The van der Waals surface area contributed by atoms with Gasteiger partial charge in [-0.1, -0.05) is 24.3 Å². The highest BCUT2D eigenvalue weighted by atomic mass is 19.4. The third-order valence-corrected chi connectivity index (χ3v) is 4.65. The molecule has 1 spiro atoms. The molecular formula is C15H15F3O2. The Morgan fingerprint density at radius 3 is 2.40 bits per heavy atom. The number of ketones is 1. The normalized spacial score (nSPS) is 33.5. The first-order chi connectivity index (χ1) is 9.29. The second kappa shape index (κ2) is 4.07. The fraction of sp³-hybridized carbons (Fsp3) is 0.533. The molecule has 108 valence electrons. The number of halogens is 3. The van der Waals surface area contributed by atoms with Gasteiger partial charge in [0.1, 0.15) is 5.78 Å². The van der Waals surface area contributed by atoms with Crippen molar-refractivity contribution < 1.29 is 23.1 Å². The van der Waals surface area contributed by atoms with E-state index in [2.05, 4.69) is 0 Å². The van der Waals surface area contributed by atoms with Crippen LogP contribution in [0.25, 0.3) is 0 Å². The van der Waals surface area contributed by atoms with Crippen LogP contribution in [0.5, 0.6) is 0 Å². The highest BCUT2D eigenvalue weighted by Crippen LogP contribution is 2.59. The summed E-state index contributed by atoms with van der Waals surface area (Å²) in [4.78, 5) is 11.7. The zero-order chi connectivity index (χ0) is 14.6. The molecule has 2 atom stereocenters. The number of carbonyl (C=O) groups excluding carboxylic acids is 1. The monoisotopic (exact) mass is 284 g/mol. The predicted molar refractivity (Wildman–Crippen MR) is 66.2 cm³/mol. The Morgan fingerprint density at radius 2 is 1.80 bits per heavy atom. The summed E-state index contributed by atoms with van der Waals surface area (Å²) in [5.74, 6) is -0.0162. The highest BCUT2D eigenvalue weighted by Gasteiger charge is 2.64. The van der Waals surface area contributed by atoms with Gasteiger partial charge in [0.25, 0.3) is 0 Å². The van der Waals surface area contributed by atoms with Gasteiger partial charge < -0.3 is 5.11 Å². The van der Waals surface area contributed by atoms with Crippen LogP contribution in [-0.2, 0) is 15.8 Å². The lowest BCUT2D eigenvalue weighted by atomic mass is 9.69. The maximum atomic E-state index is 13.3. The average Bonchev–Trinajstić information content (AvgIpc) is 2.60. The summed E-state index contributed by atoms with van der Waals surface area (Å²) < 4.78 is 40.0. The summed E-state index contributed by atoms with van der Waals surface area (Å²) in [6.45, 7) is 0. The Bertz CT molecular complexity index is 566. The lowest BCUT2D eigenvalue weighted by Gasteiger charge is -2.35. The minimum atomic E-state index is -4.73. The SMILES string of the molecule is O=C1CCC[C@]2(C1)CC(O)(C(F)(F)F)c1ccccc12. The quantitative estimate of drug-likeness (QED) is 0.794. The van der Waals surface area contributed by atoms with Crippen LogP contribution in [-0.4, -0.2) is 17.1 Å². The van der Waals surface area contributed by atoms with E-state index in [1.165, 1.54) is 12.1 Å². The van der Waals surface area contributed by atoms with Crippen LogP contribution in [0, 0.1) is 0 Å². The lowest BCUT2D eigenvalue weighted by Crippen LogP contribution is -2.43. The molecule has 0 aromatic heterocycles. The van der Waals surface area contributed by atoms with E-state index in [0.29, 0.717) is 24.8 Å². The lowest BCUT2D eigenvalue weighted by molar-refractivity contribution is -0.269. The van der Waals surface area contributed by atoms with E-state index in [4.69, 9.17) is 0 Å². The van der Waals surface area contributed by atoms with Crippen molar-refractivity contribution in [2.75, 3.05) is 0 Å². The van der Waals surface area contributed by atoms with Gasteiger partial charge in [-0.2, -0.15) is 13.2 Å². The molecule has 1 unspecified atom stereocenters. The molecule has 0 heterocycles. The van der Waals surface area contributed by atoms with Gasteiger partial charge in [0.15, 0.2) is 5.60 Å². The van der Waals surface area contributed by atoms with Crippen LogP contribution in [0.4, 0.5) is 13.2 Å². The van der Waals surface area contributed by atoms with Crippen molar-refractivity contribution in [3.8, 4) is 0 Å². The standard InChI is InChI=1S/C15H15F3O2/c16-15(17,18)14(20)9-13(7-3-4-10(19)8-13)11-5-1-2-6-12(11)14/h1-2,5-6,20H,3-4,7-9H2/t13-,14?/m0/s1. The van der Waals surface area contributed by atoms with Gasteiger partial charge >= 0.3 is 6.18 Å². The van der Waals surface area contributed by atoms with E-state index in [1.54, 1.807) is 12.1 Å². The van der Waals surface area contributed by atoms with Crippen molar-refractivity contribution in [1.82, 2.24) is 0 Å². The molecule has 1 aromatic rings.